The fourth-order valence-corrected chi connectivity index (χ4v) is 4.76. The molecular weight excluding hydrogens is 386 g/mol. The number of hydrogen-bond acceptors (Lipinski definition) is 4. The first-order valence-electron chi connectivity index (χ1n) is 9.60. The molecule has 6 nitrogen and oxygen atoms in total. The normalized spacial score (nSPS) is 16.8. The molecule has 1 aromatic carbocycles. The molecule has 1 atom stereocenters. The fourth-order valence-electron chi connectivity index (χ4n) is 3.20. The van der Waals surface area contributed by atoms with Crippen LogP contribution in [0.3, 0.4) is 0 Å². The number of carbonyl (C=O) groups is 1. The van der Waals surface area contributed by atoms with Gasteiger partial charge in [-0.3, -0.25) is 4.79 Å². The summed E-state index contributed by atoms with van der Waals surface area (Å²) in [6.45, 7) is 3.56. The van der Waals surface area contributed by atoms with Crippen LogP contribution >= 0.6 is 12.4 Å². The molecule has 1 fully saturated rings. The number of rotatable bonds is 8. The highest BCUT2D eigenvalue weighted by molar-refractivity contribution is 7.89. The van der Waals surface area contributed by atoms with Crippen LogP contribution in [0.5, 0.6) is 0 Å². The van der Waals surface area contributed by atoms with Gasteiger partial charge in [0.1, 0.15) is 0 Å². The molecule has 1 heterocycles. The SMILES string of the molecule is CCCCC(CN)NC(=O)c1cccc(S(=O)(=O)N2CCCCCC2)c1.Cl. The lowest BCUT2D eigenvalue weighted by Gasteiger charge is -2.20. The topological polar surface area (TPSA) is 92.5 Å². The molecule has 0 aliphatic carbocycles. The van der Waals surface area contributed by atoms with Crippen molar-refractivity contribution in [2.45, 2.75) is 62.8 Å². The van der Waals surface area contributed by atoms with Gasteiger partial charge in [-0.15, -0.1) is 12.4 Å². The van der Waals surface area contributed by atoms with Gasteiger partial charge in [0.2, 0.25) is 10.0 Å². The largest absolute Gasteiger partial charge is 0.348 e. The number of nitrogens with two attached hydrogens (primary N) is 1. The summed E-state index contributed by atoms with van der Waals surface area (Å²) in [6, 6.07) is 6.22. The van der Waals surface area contributed by atoms with Gasteiger partial charge >= 0.3 is 0 Å². The van der Waals surface area contributed by atoms with Gasteiger partial charge in [-0.05, 0) is 37.5 Å². The van der Waals surface area contributed by atoms with Crippen LogP contribution in [0.15, 0.2) is 29.2 Å². The average molecular weight is 418 g/mol. The van der Waals surface area contributed by atoms with Crippen LogP contribution in [0, 0.1) is 0 Å². The Morgan fingerprint density at radius 1 is 1.22 bits per heavy atom. The molecule has 1 amide bonds. The number of unbranched alkanes of at least 4 members (excludes halogenated alkanes) is 1. The van der Waals surface area contributed by atoms with Crippen molar-refractivity contribution in [2.24, 2.45) is 5.73 Å². The van der Waals surface area contributed by atoms with E-state index in [2.05, 4.69) is 12.2 Å². The molecule has 1 aliphatic rings. The van der Waals surface area contributed by atoms with Crippen molar-refractivity contribution in [3.8, 4) is 0 Å². The third-order valence-corrected chi connectivity index (χ3v) is 6.72. The molecule has 0 aromatic heterocycles. The maximum Gasteiger partial charge on any atom is 0.251 e. The summed E-state index contributed by atoms with van der Waals surface area (Å²) in [5.74, 6) is -0.274. The third-order valence-electron chi connectivity index (χ3n) is 4.82. The van der Waals surface area contributed by atoms with Gasteiger partial charge in [0.05, 0.1) is 4.90 Å². The van der Waals surface area contributed by atoms with Crippen molar-refractivity contribution < 1.29 is 13.2 Å². The molecule has 0 spiro atoms. The quantitative estimate of drug-likeness (QED) is 0.680. The Morgan fingerprint density at radius 2 is 1.89 bits per heavy atom. The number of carbonyl (C=O) groups excluding carboxylic acids is 1. The molecule has 0 radical (unpaired) electrons. The smallest absolute Gasteiger partial charge is 0.251 e. The van der Waals surface area contributed by atoms with Crippen LogP contribution in [0.2, 0.25) is 0 Å². The van der Waals surface area contributed by atoms with Crippen molar-refractivity contribution in [3.63, 3.8) is 0 Å². The number of nitrogens with zero attached hydrogens (tertiary/aromatic N) is 1. The summed E-state index contributed by atoms with van der Waals surface area (Å²) in [7, 11) is -3.56. The molecule has 2 rings (SSSR count). The lowest BCUT2D eigenvalue weighted by atomic mass is 10.1. The molecule has 3 N–H and O–H groups in total. The van der Waals surface area contributed by atoms with Crippen molar-refractivity contribution in [3.05, 3.63) is 29.8 Å². The minimum atomic E-state index is -3.56. The van der Waals surface area contributed by atoms with E-state index in [9.17, 15) is 13.2 Å². The minimum Gasteiger partial charge on any atom is -0.348 e. The summed E-state index contributed by atoms with van der Waals surface area (Å²) in [6.07, 6.45) is 6.75. The number of nitrogens with one attached hydrogen (secondary N) is 1. The van der Waals surface area contributed by atoms with E-state index in [1.165, 1.54) is 6.07 Å². The molecule has 1 aliphatic heterocycles. The molecule has 0 bridgehead atoms. The van der Waals surface area contributed by atoms with Gasteiger partial charge in [0.25, 0.3) is 5.91 Å². The maximum absolute atomic E-state index is 12.9. The number of amides is 1. The summed E-state index contributed by atoms with van der Waals surface area (Å²) >= 11 is 0. The van der Waals surface area contributed by atoms with Crippen LogP contribution < -0.4 is 11.1 Å². The van der Waals surface area contributed by atoms with Gasteiger partial charge in [-0.1, -0.05) is 38.7 Å². The Kier molecular flexibility index (Phi) is 10.3. The monoisotopic (exact) mass is 417 g/mol. The van der Waals surface area contributed by atoms with Crippen LogP contribution in [-0.4, -0.2) is 44.3 Å². The first kappa shape index (κ1) is 23.9. The third kappa shape index (κ3) is 6.75. The molecule has 1 unspecified atom stereocenters. The second-order valence-corrected chi connectivity index (χ2v) is 8.83. The van der Waals surface area contributed by atoms with Gasteiger partial charge in [-0.2, -0.15) is 4.31 Å². The van der Waals surface area contributed by atoms with Crippen LogP contribution in [-0.2, 0) is 10.0 Å². The minimum absolute atomic E-state index is 0. The number of sulfonamides is 1. The molecule has 1 saturated heterocycles. The van der Waals surface area contributed by atoms with E-state index in [1.807, 2.05) is 0 Å². The molecular formula is C19H32ClN3O3S. The van der Waals surface area contributed by atoms with Gasteiger partial charge < -0.3 is 11.1 Å². The number of halogens is 1. The molecule has 8 heteroatoms. The Balaban J connectivity index is 0.00000364. The van der Waals surface area contributed by atoms with E-state index >= 15 is 0 Å². The zero-order valence-corrected chi connectivity index (χ0v) is 17.7. The first-order chi connectivity index (χ1) is 12.5. The van der Waals surface area contributed by atoms with Gasteiger partial charge in [0.15, 0.2) is 0 Å². The molecule has 0 saturated carbocycles. The van der Waals surface area contributed by atoms with E-state index in [0.29, 0.717) is 25.2 Å². The van der Waals surface area contributed by atoms with E-state index in [1.54, 1.807) is 22.5 Å². The summed E-state index contributed by atoms with van der Waals surface area (Å²) in [5.41, 5.74) is 6.09. The van der Waals surface area contributed by atoms with Crippen LogP contribution in [0.25, 0.3) is 0 Å². The second kappa shape index (κ2) is 11.6. The summed E-state index contributed by atoms with van der Waals surface area (Å²) in [5, 5.41) is 2.91. The van der Waals surface area contributed by atoms with Crippen molar-refractivity contribution in [1.29, 1.82) is 0 Å². The highest BCUT2D eigenvalue weighted by Crippen LogP contribution is 2.21. The predicted octanol–water partition coefficient (Wildman–Crippen LogP) is 2.92. The average Bonchev–Trinajstić information content (AvgIpc) is 2.95. The van der Waals surface area contributed by atoms with Gasteiger partial charge in [-0.25, -0.2) is 8.42 Å². The van der Waals surface area contributed by atoms with Crippen molar-refractivity contribution >= 4 is 28.3 Å². The van der Waals surface area contributed by atoms with Crippen molar-refractivity contribution in [2.75, 3.05) is 19.6 Å². The lowest BCUT2D eigenvalue weighted by molar-refractivity contribution is 0.0935. The predicted molar refractivity (Wildman–Crippen MR) is 111 cm³/mol. The Bertz CT molecular complexity index is 689. The maximum atomic E-state index is 12.9. The number of hydrogen-bond donors (Lipinski definition) is 2. The second-order valence-electron chi connectivity index (χ2n) is 6.89. The van der Waals surface area contributed by atoms with Crippen LogP contribution in [0.4, 0.5) is 0 Å². The summed E-state index contributed by atoms with van der Waals surface area (Å²) in [4.78, 5) is 12.7. The van der Waals surface area contributed by atoms with E-state index in [-0.39, 0.29) is 29.3 Å². The Labute approximate surface area is 169 Å². The summed E-state index contributed by atoms with van der Waals surface area (Å²) < 4.78 is 27.4. The van der Waals surface area contributed by atoms with Gasteiger partial charge in [0, 0.05) is 31.2 Å². The van der Waals surface area contributed by atoms with Crippen LogP contribution in [0.1, 0.15) is 62.2 Å². The van der Waals surface area contributed by atoms with E-state index in [4.69, 9.17) is 5.73 Å². The zero-order chi connectivity index (χ0) is 19.0. The lowest BCUT2D eigenvalue weighted by Crippen LogP contribution is -2.40. The molecule has 154 valence electrons. The Hall–Kier alpha value is -1.15. The first-order valence-corrected chi connectivity index (χ1v) is 11.0. The van der Waals surface area contributed by atoms with E-state index in [0.717, 1.165) is 44.9 Å². The van der Waals surface area contributed by atoms with E-state index < -0.39 is 10.0 Å². The zero-order valence-electron chi connectivity index (χ0n) is 16.0. The fraction of sp³-hybridized carbons (Fsp3) is 0.632. The molecule has 27 heavy (non-hydrogen) atoms. The molecule has 1 aromatic rings. The highest BCUT2D eigenvalue weighted by Gasteiger charge is 2.26. The number of benzene rings is 1. The van der Waals surface area contributed by atoms with Crippen molar-refractivity contribution in [1.82, 2.24) is 9.62 Å². The standard InChI is InChI=1S/C19H31N3O3S.ClH/c1-2-3-10-17(15-20)21-19(23)16-9-8-11-18(14-16)26(24,25)22-12-6-4-5-7-13-22;/h8-9,11,14,17H,2-7,10,12-13,15,20H2,1H3,(H,21,23);1H. The highest BCUT2D eigenvalue weighted by atomic mass is 35.5. The Morgan fingerprint density at radius 3 is 2.48 bits per heavy atom.